The molecule has 112 valence electrons. The lowest BCUT2D eigenvalue weighted by molar-refractivity contribution is 0.0945. The molecule has 0 bridgehead atoms. The van der Waals surface area contributed by atoms with Crippen molar-refractivity contribution in [2.75, 3.05) is 6.54 Å². The molecule has 0 aliphatic heterocycles. The quantitative estimate of drug-likeness (QED) is 0.767. The summed E-state index contributed by atoms with van der Waals surface area (Å²) in [5, 5.41) is 9.32. The maximum Gasteiger partial charge on any atom is 0.273 e. The van der Waals surface area contributed by atoms with E-state index in [-0.39, 0.29) is 11.6 Å². The number of aromatic nitrogens is 1. The summed E-state index contributed by atoms with van der Waals surface area (Å²) in [5.41, 5.74) is 1.10. The lowest BCUT2D eigenvalue weighted by atomic mass is 10.1. The van der Waals surface area contributed by atoms with Gasteiger partial charge < -0.3 is 9.84 Å². The number of carbonyl (C=O) groups is 1. The number of thiophene rings is 1. The van der Waals surface area contributed by atoms with E-state index in [2.05, 4.69) is 10.5 Å². The molecule has 0 aliphatic carbocycles. The van der Waals surface area contributed by atoms with Crippen LogP contribution in [0.15, 0.2) is 52.4 Å². The molecule has 2 heterocycles. The molecule has 0 radical (unpaired) electrons. The van der Waals surface area contributed by atoms with Crippen LogP contribution < -0.4 is 5.32 Å². The fourth-order valence-corrected chi connectivity index (χ4v) is 2.81. The molecule has 22 heavy (non-hydrogen) atoms. The second kappa shape index (κ2) is 6.77. The van der Waals surface area contributed by atoms with Crippen molar-refractivity contribution in [2.45, 2.75) is 6.42 Å². The molecule has 1 amide bonds. The molecule has 0 fully saturated rings. The Labute approximate surface area is 136 Å². The number of nitrogens with zero attached hydrogens (tertiary/aromatic N) is 1. The average Bonchev–Trinajstić information content (AvgIpc) is 3.19. The third kappa shape index (κ3) is 3.55. The number of hydrogen-bond donors (Lipinski definition) is 1. The van der Waals surface area contributed by atoms with Gasteiger partial charge in [0.05, 0.1) is 0 Å². The van der Waals surface area contributed by atoms with Gasteiger partial charge in [0, 0.05) is 28.1 Å². The summed E-state index contributed by atoms with van der Waals surface area (Å²) in [6, 6.07) is 12.8. The van der Waals surface area contributed by atoms with E-state index in [0.717, 1.165) is 12.0 Å². The second-order valence-electron chi connectivity index (χ2n) is 4.67. The van der Waals surface area contributed by atoms with Gasteiger partial charge in [0.1, 0.15) is 0 Å². The van der Waals surface area contributed by atoms with Crippen LogP contribution in [0.4, 0.5) is 0 Å². The van der Waals surface area contributed by atoms with Gasteiger partial charge in [0.15, 0.2) is 11.5 Å². The van der Waals surface area contributed by atoms with Crippen molar-refractivity contribution in [2.24, 2.45) is 0 Å². The van der Waals surface area contributed by atoms with Crippen molar-refractivity contribution in [3.05, 3.63) is 63.4 Å². The monoisotopic (exact) mass is 332 g/mol. The molecule has 3 rings (SSSR count). The van der Waals surface area contributed by atoms with Gasteiger partial charge in [-0.2, -0.15) is 0 Å². The Morgan fingerprint density at radius 3 is 2.82 bits per heavy atom. The van der Waals surface area contributed by atoms with Crippen LogP contribution in [0.3, 0.4) is 0 Å². The highest BCUT2D eigenvalue weighted by molar-refractivity contribution is 7.09. The summed E-state index contributed by atoms with van der Waals surface area (Å²) in [6.07, 6.45) is 0.811. The third-order valence-electron chi connectivity index (χ3n) is 3.11. The maximum atomic E-state index is 12.0. The fraction of sp³-hybridized carbons (Fsp3) is 0.125. The Kier molecular flexibility index (Phi) is 4.56. The zero-order valence-corrected chi connectivity index (χ0v) is 13.2. The summed E-state index contributed by atoms with van der Waals surface area (Å²) < 4.78 is 5.21. The standard InChI is InChI=1S/C16H13ClN2O2S/c17-12-5-3-11(4-6-12)15-10-14(19-21-15)16(20)18-8-7-13-2-1-9-22-13/h1-6,9-10H,7-8H2,(H,18,20). The number of nitrogens with one attached hydrogen (secondary N) is 1. The number of halogens is 1. The van der Waals surface area contributed by atoms with E-state index >= 15 is 0 Å². The van der Waals surface area contributed by atoms with Crippen LogP contribution in [-0.4, -0.2) is 17.6 Å². The van der Waals surface area contributed by atoms with Crippen LogP contribution in [0.1, 0.15) is 15.4 Å². The molecule has 1 N–H and O–H groups in total. The van der Waals surface area contributed by atoms with Crippen LogP contribution in [0.5, 0.6) is 0 Å². The summed E-state index contributed by atoms with van der Waals surface area (Å²) >= 11 is 7.52. The molecule has 4 nitrogen and oxygen atoms in total. The minimum Gasteiger partial charge on any atom is -0.355 e. The van der Waals surface area contributed by atoms with Crippen molar-refractivity contribution in [3.63, 3.8) is 0 Å². The van der Waals surface area contributed by atoms with E-state index in [1.807, 2.05) is 29.6 Å². The molecule has 0 saturated carbocycles. The van der Waals surface area contributed by atoms with E-state index in [9.17, 15) is 4.79 Å². The number of hydrogen-bond acceptors (Lipinski definition) is 4. The van der Waals surface area contributed by atoms with Crippen molar-refractivity contribution in [1.82, 2.24) is 10.5 Å². The number of benzene rings is 1. The van der Waals surface area contributed by atoms with Gasteiger partial charge in [-0.3, -0.25) is 4.79 Å². The molecule has 0 spiro atoms. The predicted molar refractivity (Wildman–Crippen MR) is 87.3 cm³/mol. The highest BCUT2D eigenvalue weighted by Crippen LogP contribution is 2.22. The Morgan fingerprint density at radius 2 is 2.09 bits per heavy atom. The number of carbonyl (C=O) groups excluding carboxylic acids is 1. The summed E-state index contributed by atoms with van der Waals surface area (Å²) in [4.78, 5) is 13.3. The largest absolute Gasteiger partial charge is 0.355 e. The number of rotatable bonds is 5. The predicted octanol–water partition coefficient (Wildman–Crippen LogP) is 4.03. The average molecular weight is 333 g/mol. The smallest absolute Gasteiger partial charge is 0.273 e. The molecule has 0 saturated heterocycles. The Hall–Kier alpha value is -2.11. The highest BCUT2D eigenvalue weighted by atomic mass is 35.5. The van der Waals surface area contributed by atoms with Gasteiger partial charge in [0.2, 0.25) is 0 Å². The van der Waals surface area contributed by atoms with Gasteiger partial charge in [-0.15, -0.1) is 11.3 Å². The molecular formula is C16H13ClN2O2S. The van der Waals surface area contributed by atoms with Crippen molar-refractivity contribution in [3.8, 4) is 11.3 Å². The van der Waals surface area contributed by atoms with Crippen LogP contribution in [-0.2, 0) is 6.42 Å². The first-order valence-corrected chi connectivity index (χ1v) is 8.01. The van der Waals surface area contributed by atoms with E-state index < -0.39 is 0 Å². The molecule has 2 aromatic heterocycles. The molecule has 1 aromatic carbocycles. The zero-order chi connectivity index (χ0) is 15.4. The van der Waals surface area contributed by atoms with Gasteiger partial charge in [-0.25, -0.2) is 0 Å². The topological polar surface area (TPSA) is 55.1 Å². The zero-order valence-electron chi connectivity index (χ0n) is 11.6. The Morgan fingerprint density at radius 1 is 1.27 bits per heavy atom. The van der Waals surface area contributed by atoms with E-state index in [0.29, 0.717) is 17.3 Å². The van der Waals surface area contributed by atoms with E-state index in [4.69, 9.17) is 16.1 Å². The summed E-state index contributed by atoms with van der Waals surface area (Å²) in [5.74, 6) is 0.306. The Balaban J connectivity index is 1.60. The molecule has 0 atom stereocenters. The maximum absolute atomic E-state index is 12.0. The highest BCUT2D eigenvalue weighted by Gasteiger charge is 2.13. The Bertz CT molecular complexity index is 751. The SMILES string of the molecule is O=C(NCCc1cccs1)c1cc(-c2ccc(Cl)cc2)on1. The first-order chi connectivity index (χ1) is 10.7. The minimum atomic E-state index is -0.236. The van der Waals surface area contributed by atoms with Gasteiger partial charge in [-0.05, 0) is 42.1 Å². The lowest BCUT2D eigenvalue weighted by Gasteiger charge is -2.00. The lowest BCUT2D eigenvalue weighted by Crippen LogP contribution is -2.25. The van der Waals surface area contributed by atoms with Crippen molar-refractivity contribution < 1.29 is 9.32 Å². The molecule has 6 heteroatoms. The molecule has 3 aromatic rings. The number of amides is 1. The van der Waals surface area contributed by atoms with Crippen LogP contribution in [0, 0.1) is 0 Å². The third-order valence-corrected chi connectivity index (χ3v) is 4.30. The van der Waals surface area contributed by atoms with Crippen LogP contribution in [0.2, 0.25) is 5.02 Å². The van der Waals surface area contributed by atoms with E-state index in [1.165, 1.54) is 4.88 Å². The van der Waals surface area contributed by atoms with Crippen LogP contribution >= 0.6 is 22.9 Å². The minimum absolute atomic E-state index is 0.236. The van der Waals surface area contributed by atoms with Crippen molar-refractivity contribution >= 4 is 28.8 Å². The van der Waals surface area contributed by atoms with Crippen LogP contribution in [0.25, 0.3) is 11.3 Å². The molecule has 0 aliphatic rings. The molecule has 0 unspecified atom stereocenters. The summed E-state index contributed by atoms with van der Waals surface area (Å²) in [6.45, 7) is 0.572. The normalized spacial score (nSPS) is 10.6. The van der Waals surface area contributed by atoms with E-state index in [1.54, 1.807) is 29.5 Å². The van der Waals surface area contributed by atoms with Crippen molar-refractivity contribution in [1.29, 1.82) is 0 Å². The first-order valence-electron chi connectivity index (χ1n) is 6.75. The second-order valence-corrected chi connectivity index (χ2v) is 6.14. The molecular weight excluding hydrogens is 320 g/mol. The van der Waals surface area contributed by atoms with Gasteiger partial charge in [0.25, 0.3) is 5.91 Å². The fourth-order valence-electron chi connectivity index (χ4n) is 1.98. The summed E-state index contributed by atoms with van der Waals surface area (Å²) in [7, 11) is 0. The van der Waals surface area contributed by atoms with Gasteiger partial charge in [-0.1, -0.05) is 22.8 Å². The first kappa shape index (κ1) is 14.8. The van der Waals surface area contributed by atoms with Gasteiger partial charge >= 0.3 is 0 Å².